The number of H-pyrrole nitrogens is 1. The van der Waals surface area contributed by atoms with Gasteiger partial charge < -0.3 is 10.1 Å². The van der Waals surface area contributed by atoms with Crippen LogP contribution in [-0.2, 0) is 23.0 Å². The zero-order valence-electron chi connectivity index (χ0n) is 14.9. The summed E-state index contributed by atoms with van der Waals surface area (Å²) in [4.78, 5) is 12.3. The van der Waals surface area contributed by atoms with Crippen molar-refractivity contribution in [3.8, 4) is 5.75 Å². The number of hydrogen-bond donors (Lipinski definition) is 2. The number of carbonyl (C=O) groups is 1. The molecule has 2 aromatic rings. The van der Waals surface area contributed by atoms with Gasteiger partial charge in [-0.05, 0) is 25.5 Å². The smallest absolute Gasteiger partial charge is 0.272 e. The van der Waals surface area contributed by atoms with Gasteiger partial charge >= 0.3 is 0 Å². The van der Waals surface area contributed by atoms with E-state index in [0.717, 1.165) is 5.56 Å². The number of hydrogen-bond acceptors (Lipinski definition) is 5. The van der Waals surface area contributed by atoms with Crippen LogP contribution in [0.3, 0.4) is 0 Å². The Morgan fingerprint density at radius 1 is 1.41 bits per heavy atom. The molecular weight excluding hydrogens is 375 g/mol. The summed E-state index contributed by atoms with van der Waals surface area (Å²) in [6.45, 7) is 2.40. The summed E-state index contributed by atoms with van der Waals surface area (Å²) in [6, 6.07) is 6.04. The molecule has 0 atom stereocenters. The second-order valence-electron chi connectivity index (χ2n) is 6.05. The Hall–Kier alpha value is -2.46. The number of aromatic nitrogens is 2. The highest BCUT2D eigenvalue weighted by atomic mass is 32.2. The number of halogens is 1. The third kappa shape index (κ3) is 4.28. The van der Waals surface area contributed by atoms with Crippen LogP contribution in [0, 0.1) is 5.82 Å². The second-order valence-corrected chi connectivity index (χ2v) is 8.31. The van der Waals surface area contributed by atoms with E-state index in [2.05, 4.69) is 15.5 Å². The van der Waals surface area contributed by atoms with E-state index in [4.69, 9.17) is 4.74 Å². The molecule has 0 saturated heterocycles. The summed E-state index contributed by atoms with van der Waals surface area (Å²) in [5, 5.41) is 9.47. The van der Waals surface area contributed by atoms with Crippen LogP contribution in [0.5, 0.6) is 5.75 Å². The normalized spacial score (nSPS) is 14.6. The highest BCUT2D eigenvalue weighted by molar-refractivity contribution is 7.89. The maximum absolute atomic E-state index is 13.5. The van der Waals surface area contributed by atoms with Crippen LogP contribution in [-0.4, -0.2) is 54.3 Å². The van der Waals surface area contributed by atoms with Crippen molar-refractivity contribution in [2.45, 2.75) is 19.9 Å². The van der Waals surface area contributed by atoms with Crippen molar-refractivity contribution in [3.63, 3.8) is 0 Å². The van der Waals surface area contributed by atoms with Gasteiger partial charge in [-0.1, -0.05) is 12.1 Å². The van der Waals surface area contributed by atoms with E-state index in [1.165, 1.54) is 16.4 Å². The maximum atomic E-state index is 13.5. The number of fused-ring (bicyclic) bond motifs is 1. The number of aromatic amines is 1. The van der Waals surface area contributed by atoms with Crippen molar-refractivity contribution in [2.24, 2.45) is 0 Å². The lowest BCUT2D eigenvalue weighted by Gasteiger charge is -2.25. The number of para-hydroxylation sites is 1. The molecule has 3 rings (SSSR count). The van der Waals surface area contributed by atoms with Gasteiger partial charge in [-0.2, -0.15) is 9.40 Å². The first-order chi connectivity index (χ1) is 12.9. The van der Waals surface area contributed by atoms with E-state index < -0.39 is 15.8 Å². The third-order valence-electron chi connectivity index (χ3n) is 4.35. The molecule has 1 aromatic heterocycles. The monoisotopic (exact) mass is 396 g/mol. The molecule has 0 spiro atoms. The number of nitrogens with one attached hydrogen (secondary N) is 2. The topological polar surface area (TPSA) is 104 Å². The Bertz CT molecular complexity index is 929. The molecule has 0 unspecified atom stereocenters. The summed E-state index contributed by atoms with van der Waals surface area (Å²) >= 11 is 0. The Morgan fingerprint density at radius 3 is 2.93 bits per heavy atom. The van der Waals surface area contributed by atoms with Gasteiger partial charge in [0.15, 0.2) is 17.3 Å². The number of nitrogens with zero attached hydrogens (tertiary/aromatic N) is 2. The minimum absolute atomic E-state index is 0.0336. The van der Waals surface area contributed by atoms with Crippen LogP contribution in [0.25, 0.3) is 0 Å². The van der Waals surface area contributed by atoms with E-state index in [9.17, 15) is 17.6 Å². The molecule has 27 heavy (non-hydrogen) atoms. The molecule has 0 radical (unpaired) electrons. The van der Waals surface area contributed by atoms with Gasteiger partial charge in [-0.25, -0.2) is 12.8 Å². The standard InChI is InChI=1S/C17H21FN4O4S/c1-2-27(24,25)22-9-7-12-14(11-22)20-21-16(12)17(23)19-8-10-26-15-6-4-3-5-13(15)18/h3-6H,2,7-11H2,1H3,(H,19,23)(H,20,21). The first kappa shape index (κ1) is 19.3. The van der Waals surface area contributed by atoms with Crippen LogP contribution >= 0.6 is 0 Å². The summed E-state index contributed by atoms with van der Waals surface area (Å²) in [6.07, 6.45) is 0.416. The van der Waals surface area contributed by atoms with Gasteiger partial charge in [0, 0.05) is 12.1 Å². The summed E-state index contributed by atoms with van der Waals surface area (Å²) < 4.78 is 44.1. The number of rotatable bonds is 7. The van der Waals surface area contributed by atoms with E-state index >= 15 is 0 Å². The highest BCUT2D eigenvalue weighted by Gasteiger charge is 2.30. The van der Waals surface area contributed by atoms with Gasteiger partial charge in [0.1, 0.15) is 6.61 Å². The molecule has 2 N–H and O–H groups in total. The zero-order chi connectivity index (χ0) is 19.4. The second kappa shape index (κ2) is 8.05. The maximum Gasteiger partial charge on any atom is 0.272 e. The fourth-order valence-corrected chi connectivity index (χ4v) is 3.93. The number of ether oxygens (including phenoxy) is 1. The van der Waals surface area contributed by atoms with Gasteiger partial charge in [0.05, 0.1) is 24.5 Å². The SMILES string of the molecule is CCS(=O)(=O)N1CCc2c(C(=O)NCCOc3ccccc3F)n[nH]c2C1. The van der Waals surface area contributed by atoms with Crippen LogP contribution in [0.2, 0.25) is 0 Å². The van der Waals surface area contributed by atoms with E-state index in [1.807, 2.05) is 0 Å². The molecular formula is C17H21FN4O4S. The zero-order valence-corrected chi connectivity index (χ0v) is 15.7. The van der Waals surface area contributed by atoms with Crippen molar-refractivity contribution in [1.29, 1.82) is 0 Å². The average Bonchev–Trinajstić information content (AvgIpc) is 3.09. The lowest BCUT2D eigenvalue weighted by Crippen LogP contribution is -2.37. The molecule has 2 heterocycles. The minimum atomic E-state index is -3.28. The number of benzene rings is 1. The quantitative estimate of drug-likeness (QED) is 0.681. The van der Waals surface area contributed by atoms with Gasteiger partial charge in [-0.15, -0.1) is 0 Å². The molecule has 1 aromatic carbocycles. The van der Waals surface area contributed by atoms with Gasteiger partial charge in [-0.3, -0.25) is 9.89 Å². The number of sulfonamides is 1. The van der Waals surface area contributed by atoms with Crippen molar-refractivity contribution >= 4 is 15.9 Å². The summed E-state index contributed by atoms with van der Waals surface area (Å²) in [5.41, 5.74) is 1.61. The molecule has 1 amide bonds. The van der Waals surface area contributed by atoms with E-state index in [-0.39, 0.29) is 42.8 Å². The largest absolute Gasteiger partial charge is 0.489 e. The van der Waals surface area contributed by atoms with Crippen molar-refractivity contribution in [3.05, 3.63) is 47.0 Å². The molecule has 10 heteroatoms. The highest BCUT2D eigenvalue weighted by Crippen LogP contribution is 2.22. The molecule has 0 fully saturated rings. The summed E-state index contributed by atoms with van der Waals surface area (Å²) in [7, 11) is -3.28. The first-order valence-electron chi connectivity index (χ1n) is 8.62. The van der Waals surface area contributed by atoms with Gasteiger partial charge in [0.2, 0.25) is 10.0 Å². The molecule has 0 saturated carbocycles. The van der Waals surface area contributed by atoms with E-state index in [1.54, 1.807) is 19.1 Å². The minimum Gasteiger partial charge on any atom is -0.489 e. The molecule has 1 aliphatic heterocycles. The Kier molecular flexibility index (Phi) is 5.76. The Labute approximate surface area is 156 Å². The van der Waals surface area contributed by atoms with E-state index in [0.29, 0.717) is 18.7 Å². The molecule has 8 nitrogen and oxygen atoms in total. The fourth-order valence-electron chi connectivity index (χ4n) is 2.87. The van der Waals surface area contributed by atoms with Crippen molar-refractivity contribution < 1.29 is 22.3 Å². The van der Waals surface area contributed by atoms with Crippen molar-refractivity contribution in [1.82, 2.24) is 19.8 Å². The van der Waals surface area contributed by atoms with Crippen LogP contribution < -0.4 is 10.1 Å². The van der Waals surface area contributed by atoms with Crippen LogP contribution in [0.15, 0.2) is 24.3 Å². The Balaban J connectivity index is 1.56. The average molecular weight is 396 g/mol. The fraction of sp³-hybridized carbons (Fsp3) is 0.412. The molecule has 146 valence electrons. The molecule has 0 bridgehead atoms. The molecule has 0 aliphatic carbocycles. The predicted molar refractivity (Wildman–Crippen MR) is 96.4 cm³/mol. The lowest BCUT2D eigenvalue weighted by molar-refractivity contribution is 0.0940. The predicted octanol–water partition coefficient (Wildman–Crippen LogP) is 1.07. The van der Waals surface area contributed by atoms with Crippen molar-refractivity contribution in [2.75, 3.05) is 25.4 Å². The Morgan fingerprint density at radius 2 is 2.19 bits per heavy atom. The van der Waals surface area contributed by atoms with Crippen LogP contribution in [0.4, 0.5) is 4.39 Å². The first-order valence-corrected chi connectivity index (χ1v) is 10.2. The third-order valence-corrected chi connectivity index (χ3v) is 6.18. The summed E-state index contributed by atoms with van der Waals surface area (Å²) in [5.74, 6) is -0.680. The van der Waals surface area contributed by atoms with Gasteiger partial charge in [0.25, 0.3) is 5.91 Å². The molecule has 1 aliphatic rings. The number of carbonyl (C=O) groups excluding carboxylic acids is 1. The lowest BCUT2D eigenvalue weighted by atomic mass is 10.1. The number of amides is 1. The van der Waals surface area contributed by atoms with Crippen LogP contribution in [0.1, 0.15) is 28.7 Å².